The van der Waals surface area contributed by atoms with Gasteiger partial charge < -0.3 is 14.6 Å². The number of sulfonamides is 1. The van der Waals surface area contributed by atoms with Gasteiger partial charge in [0.05, 0.1) is 17.1 Å². The quantitative estimate of drug-likeness (QED) is 0.464. The maximum Gasteiger partial charge on any atom is 0.277 e. The highest BCUT2D eigenvalue weighted by Crippen LogP contribution is 2.27. The lowest BCUT2D eigenvalue weighted by Gasteiger charge is -2.39. The third kappa shape index (κ3) is 6.55. The first-order chi connectivity index (χ1) is 18.7. The molecular formula is C28H33FN4O5S. The Morgan fingerprint density at radius 1 is 1.03 bits per heavy atom. The molecule has 0 aliphatic carbocycles. The molecule has 2 aromatic carbocycles. The first-order valence-corrected chi connectivity index (χ1v) is 14.6. The van der Waals surface area contributed by atoms with Crippen molar-refractivity contribution in [3.8, 4) is 11.3 Å². The van der Waals surface area contributed by atoms with E-state index in [2.05, 4.69) is 29.2 Å². The van der Waals surface area contributed by atoms with E-state index >= 15 is 0 Å². The molecule has 3 heterocycles. The molecule has 2 atom stereocenters. The Kier molecular flexibility index (Phi) is 8.13. The molecule has 2 aliphatic rings. The van der Waals surface area contributed by atoms with E-state index in [4.69, 9.17) is 9.26 Å². The van der Waals surface area contributed by atoms with Crippen molar-refractivity contribution in [1.82, 2.24) is 14.4 Å². The number of carbonyl (C=O) groups is 1. The number of rotatable bonds is 7. The molecule has 9 nitrogen and oxygen atoms in total. The molecule has 0 saturated carbocycles. The van der Waals surface area contributed by atoms with E-state index < -0.39 is 15.9 Å². The Labute approximate surface area is 228 Å². The summed E-state index contributed by atoms with van der Waals surface area (Å²) in [5.41, 5.74) is 1.07. The molecule has 208 valence electrons. The molecule has 0 radical (unpaired) electrons. The van der Waals surface area contributed by atoms with Crippen LogP contribution in [0.15, 0.2) is 64.0 Å². The van der Waals surface area contributed by atoms with Crippen LogP contribution in [0.2, 0.25) is 0 Å². The number of carbonyl (C=O) groups excluding carboxylic acids is 1. The SMILES string of the molecule is CC1CN(CC2CCN(S(=O)(=O)c3ccc(NC(=O)c4cc(-c5ccc(F)cc5)on4)cc3)CC2)CC(C)O1. The molecule has 2 fully saturated rings. The second-order valence-corrected chi connectivity index (χ2v) is 12.3. The third-order valence-electron chi connectivity index (χ3n) is 7.21. The summed E-state index contributed by atoms with van der Waals surface area (Å²) in [7, 11) is -3.63. The summed E-state index contributed by atoms with van der Waals surface area (Å²) in [6.45, 7) is 7.96. The van der Waals surface area contributed by atoms with Gasteiger partial charge in [0.25, 0.3) is 5.91 Å². The van der Waals surface area contributed by atoms with E-state index in [1.54, 1.807) is 16.4 Å². The molecule has 2 saturated heterocycles. The van der Waals surface area contributed by atoms with Crippen molar-refractivity contribution >= 4 is 21.6 Å². The number of nitrogens with zero attached hydrogens (tertiary/aromatic N) is 3. The van der Waals surface area contributed by atoms with E-state index in [9.17, 15) is 17.6 Å². The number of hydrogen-bond acceptors (Lipinski definition) is 7. The van der Waals surface area contributed by atoms with E-state index in [1.807, 2.05) is 0 Å². The Bertz CT molecular complexity index is 1380. The van der Waals surface area contributed by atoms with Gasteiger partial charge in [-0.15, -0.1) is 0 Å². The summed E-state index contributed by atoms with van der Waals surface area (Å²) in [5, 5.41) is 6.48. The van der Waals surface area contributed by atoms with Gasteiger partial charge in [-0.2, -0.15) is 4.31 Å². The molecule has 39 heavy (non-hydrogen) atoms. The van der Waals surface area contributed by atoms with Crippen LogP contribution in [-0.2, 0) is 14.8 Å². The largest absolute Gasteiger partial charge is 0.373 e. The number of aromatic nitrogens is 1. The average Bonchev–Trinajstić information content (AvgIpc) is 3.40. The zero-order valence-corrected chi connectivity index (χ0v) is 22.9. The lowest BCUT2D eigenvalue weighted by Crippen LogP contribution is -2.48. The Morgan fingerprint density at radius 2 is 1.67 bits per heavy atom. The fraction of sp³-hybridized carbons (Fsp3) is 0.429. The van der Waals surface area contributed by atoms with E-state index in [1.165, 1.54) is 42.5 Å². The highest BCUT2D eigenvalue weighted by molar-refractivity contribution is 7.89. The van der Waals surface area contributed by atoms with Gasteiger partial charge in [0.15, 0.2) is 11.5 Å². The van der Waals surface area contributed by atoms with E-state index in [0.717, 1.165) is 32.5 Å². The third-order valence-corrected chi connectivity index (χ3v) is 9.12. The number of amides is 1. The molecule has 1 aromatic heterocycles. The molecule has 0 bridgehead atoms. The molecule has 5 rings (SSSR count). The summed E-state index contributed by atoms with van der Waals surface area (Å²) in [4.78, 5) is 15.2. The van der Waals surface area contributed by atoms with Crippen LogP contribution in [0.3, 0.4) is 0 Å². The van der Waals surface area contributed by atoms with Crippen LogP contribution in [0.25, 0.3) is 11.3 Å². The van der Waals surface area contributed by atoms with Crippen LogP contribution in [0.1, 0.15) is 37.2 Å². The monoisotopic (exact) mass is 556 g/mol. The summed E-state index contributed by atoms with van der Waals surface area (Å²) in [6, 6.07) is 13.2. The second kappa shape index (κ2) is 11.5. The van der Waals surface area contributed by atoms with Crippen LogP contribution in [0.4, 0.5) is 10.1 Å². The molecule has 11 heteroatoms. The van der Waals surface area contributed by atoms with Gasteiger partial charge in [0, 0.05) is 50.0 Å². The number of benzene rings is 2. The number of hydrogen-bond donors (Lipinski definition) is 1. The van der Waals surface area contributed by atoms with Crippen molar-refractivity contribution in [3.05, 3.63) is 66.1 Å². The fourth-order valence-electron chi connectivity index (χ4n) is 5.32. The van der Waals surface area contributed by atoms with Gasteiger partial charge in [0.2, 0.25) is 10.0 Å². The molecular weight excluding hydrogens is 523 g/mol. The molecule has 2 aliphatic heterocycles. The summed E-state index contributed by atoms with van der Waals surface area (Å²) >= 11 is 0. The van der Waals surface area contributed by atoms with E-state index in [0.29, 0.717) is 36.0 Å². The van der Waals surface area contributed by atoms with Crippen LogP contribution in [0, 0.1) is 11.7 Å². The number of piperidine rings is 1. The smallest absolute Gasteiger partial charge is 0.277 e. The van der Waals surface area contributed by atoms with Crippen LogP contribution in [-0.4, -0.2) is 73.6 Å². The van der Waals surface area contributed by atoms with Crippen molar-refractivity contribution in [2.24, 2.45) is 5.92 Å². The van der Waals surface area contributed by atoms with Crippen molar-refractivity contribution in [2.75, 3.05) is 38.0 Å². The van der Waals surface area contributed by atoms with Gasteiger partial charge in [-0.3, -0.25) is 9.69 Å². The number of ether oxygens (including phenoxy) is 1. The van der Waals surface area contributed by atoms with Gasteiger partial charge in [-0.05, 0) is 81.1 Å². The molecule has 3 aromatic rings. The lowest BCUT2D eigenvalue weighted by molar-refractivity contribution is -0.0726. The van der Waals surface area contributed by atoms with Crippen LogP contribution < -0.4 is 5.32 Å². The Balaban J connectivity index is 1.15. The van der Waals surface area contributed by atoms with Crippen LogP contribution in [0.5, 0.6) is 0 Å². The van der Waals surface area contributed by atoms with Crippen LogP contribution >= 0.6 is 0 Å². The zero-order valence-electron chi connectivity index (χ0n) is 22.0. The average molecular weight is 557 g/mol. The Morgan fingerprint density at radius 3 is 2.31 bits per heavy atom. The van der Waals surface area contributed by atoms with Crippen molar-refractivity contribution in [3.63, 3.8) is 0 Å². The minimum absolute atomic E-state index is 0.0508. The van der Waals surface area contributed by atoms with Crippen molar-refractivity contribution in [1.29, 1.82) is 0 Å². The number of nitrogens with one attached hydrogen (secondary N) is 1. The summed E-state index contributed by atoms with van der Waals surface area (Å²) in [5.74, 6) is -0.0840. The van der Waals surface area contributed by atoms with Gasteiger partial charge in [-0.25, -0.2) is 12.8 Å². The maximum absolute atomic E-state index is 13.2. The van der Waals surface area contributed by atoms with Gasteiger partial charge in [0.1, 0.15) is 5.82 Å². The van der Waals surface area contributed by atoms with Crippen molar-refractivity contribution < 1.29 is 26.9 Å². The molecule has 2 unspecified atom stereocenters. The first kappa shape index (κ1) is 27.4. The summed E-state index contributed by atoms with van der Waals surface area (Å²) < 4.78 is 52.2. The van der Waals surface area contributed by atoms with Gasteiger partial charge >= 0.3 is 0 Å². The highest BCUT2D eigenvalue weighted by atomic mass is 32.2. The Hall–Kier alpha value is -3.12. The predicted molar refractivity (Wildman–Crippen MR) is 144 cm³/mol. The molecule has 1 N–H and O–H groups in total. The van der Waals surface area contributed by atoms with E-state index in [-0.39, 0.29) is 28.6 Å². The number of halogens is 1. The minimum atomic E-state index is -3.63. The number of anilines is 1. The molecule has 0 spiro atoms. The number of morpholine rings is 1. The normalized spacial score (nSPS) is 21.6. The topological polar surface area (TPSA) is 105 Å². The highest BCUT2D eigenvalue weighted by Gasteiger charge is 2.31. The second-order valence-electron chi connectivity index (χ2n) is 10.4. The fourth-order valence-corrected chi connectivity index (χ4v) is 6.79. The standard InChI is InChI=1S/C28H33FN4O5S/c1-19-16-32(17-20(2)37-19)18-21-11-13-33(14-12-21)39(35,36)25-9-7-24(8-10-25)30-28(34)26-15-27(38-31-26)22-3-5-23(29)6-4-22/h3-10,15,19-21H,11-14,16-18H2,1-2H3,(H,30,34). The minimum Gasteiger partial charge on any atom is -0.373 e. The van der Waals surface area contributed by atoms with Gasteiger partial charge in [-0.1, -0.05) is 5.16 Å². The first-order valence-electron chi connectivity index (χ1n) is 13.2. The zero-order chi connectivity index (χ0) is 27.6. The van der Waals surface area contributed by atoms with Crippen molar-refractivity contribution in [2.45, 2.75) is 43.8 Å². The lowest BCUT2D eigenvalue weighted by atomic mass is 9.97. The molecule has 1 amide bonds. The summed E-state index contributed by atoms with van der Waals surface area (Å²) in [6.07, 6.45) is 2.09. The predicted octanol–water partition coefficient (Wildman–Crippen LogP) is 4.24. The maximum atomic E-state index is 13.2.